The molecule has 2 aromatic carbocycles. The van der Waals surface area contributed by atoms with Crippen LogP contribution in [0, 0.1) is 0 Å². The summed E-state index contributed by atoms with van der Waals surface area (Å²) >= 11 is 6.25. The third kappa shape index (κ3) is 3.40. The summed E-state index contributed by atoms with van der Waals surface area (Å²) < 4.78 is 4.58. The molecule has 0 fully saturated rings. The minimum absolute atomic E-state index is 0.0835. The maximum atomic E-state index is 13.6. The van der Waals surface area contributed by atoms with Gasteiger partial charge in [-0.25, -0.2) is 19.1 Å². The van der Waals surface area contributed by atoms with E-state index in [9.17, 15) is 24.7 Å². The van der Waals surface area contributed by atoms with E-state index >= 15 is 0 Å². The van der Waals surface area contributed by atoms with Crippen LogP contribution in [0.5, 0.6) is 0 Å². The Morgan fingerprint density at radius 2 is 1.78 bits per heavy atom. The van der Waals surface area contributed by atoms with Crippen molar-refractivity contribution >= 4 is 45.5 Å². The molecule has 0 aliphatic rings. The highest BCUT2D eigenvalue weighted by atomic mass is 35.5. The Hall–Kier alpha value is -4.64. The number of hydrogen-bond acceptors (Lipinski definition) is 6. The topological polar surface area (TPSA) is 137 Å². The summed E-state index contributed by atoms with van der Waals surface area (Å²) in [5, 5.41) is 23.7. The SMILES string of the molecule is Cn1c(C(=NO)c2ccccc2)nc2c1c(=O)n(Cc1cc3c(Cl)cccc3n1C(=O)O)c(=O)n2C. The van der Waals surface area contributed by atoms with Gasteiger partial charge in [-0.1, -0.05) is 53.2 Å². The Labute approximate surface area is 207 Å². The van der Waals surface area contributed by atoms with Crippen LogP contribution in [0.15, 0.2) is 69.3 Å². The van der Waals surface area contributed by atoms with Gasteiger partial charge in [0.1, 0.15) is 0 Å². The quantitative estimate of drug-likeness (QED) is 0.218. The zero-order chi connectivity index (χ0) is 25.7. The first-order valence-electron chi connectivity index (χ1n) is 10.7. The van der Waals surface area contributed by atoms with E-state index in [-0.39, 0.29) is 34.9 Å². The van der Waals surface area contributed by atoms with Gasteiger partial charge in [0.2, 0.25) is 0 Å². The fourth-order valence-corrected chi connectivity index (χ4v) is 4.60. The van der Waals surface area contributed by atoms with Gasteiger partial charge in [-0.15, -0.1) is 0 Å². The summed E-state index contributed by atoms with van der Waals surface area (Å²) in [6.07, 6.45) is -1.28. The Kier molecular flexibility index (Phi) is 5.48. The first-order chi connectivity index (χ1) is 17.2. The van der Waals surface area contributed by atoms with Gasteiger partial charge < -0.3 is 14.9 Å². The molecule has 11 nitrogen and oxygen atoms in total. The second-order valence-electron chi connectivity index (χ2n) is 8.14. The highest BCUT2D eigenvalue weighted by Gasteiger charge is 2.24. The lowest BCUT2D eigenvalue weighted by Gasteiger charge is -2.10. The van der Waals surface area contributed by atoms with Gasteiger partial charge in [0.25, 0.3) is 5.56 Å². The van der Waals surface area contributed by atoms with Crippen LogP contribution in [0.3, 0.4) is 0 Å². The molecule has 0 saturated carbocycles. The van der Waals surface area contributed by atoms with Crippen molar-refractivity contribution in [1.29, 1.82) is 0 Å². The predicted octanol–water partition coefficient (Wildman–Crippen LogP) is 2.84. The lowest BCUT2D eigenvalue weighted by Crippen LogP contribution is -2.40. The average Bonchev–Trinajstić information content (AvgIpc) is 3.41. The van der Waals surface area contributed by atoms with Crippen LogP contribution < -0.4 is 11.2 Å². The third-order valence-electron chi connectivity index (χ3n) is 6.10. The third-order valence-corrected chi connectivity index (χ3v) is 6.43. The number of rotatable bonds is 4. The lowest BCUT2D eigenvalue weighted by molar-refractivity contribution is 0.196. The summed E-state index contributed by atoms with van der Waals surface area (Å²) in [5.41, 5.74) is 0.0253. The molecule has 3 heterocycles. The molecular formula is C24H19ClN6O5. The number of carbonyl (C=O) groups is 1. The first-order valence-corrected chi connectivity index (χ1v) is 11.1. The molecule has 0 amide bonds. The van der Waals surface area contributed by atoms with Crippen molar-refractivity contribution in [2.75, 3.05) is 0 Å². The Morgan fingerprint density at radius 1 is 1.06 bits per heavy atom. The maximum Gasteiger partial charge on any atom is 0.416 e. The van der Waals surface area contributed by atoms with E-state index in [4.69, 9.17) is 11.6 Å². The number of imidazole rings is 1. The van der Waals surface area contributed by atoms with E-state index in [0.29, 0.717) is 21.5 Å². The van der Waals surface area contributed by atoms with E-state index < -0.39 is 17.3 Å². The van der Waals surface area contributed by atoms with Gasteiger partial charge in [-0.05, 0) is 18.2 Å². The minimum Gasteiger partial charge on any atom is -0.464 e. The van der Waals surface area contributed by atoms with Crippen molar-refractivity contribution in [2.45, 2.75) is 6.54 Å². The first kappa shape index (κ1) is 23.1. The number of aromatic nitrogens is 5. The van der Waals surface area contributed by atoms with Gasteiger partial charge >= 0.3 is 11.8 Å². The number of benzene rings is 2. The van der Waals surface area contributed by atoms with Crippen LogP contribution in [-0.4, -0.2) is 45.4 Å². The Morgan fingerprint density at radius 3 is 2.44 bits per heavy atom. The molecule has 2 N–H and O–H groups in total. The fourth-order valence-electron chi connectivity index (χ4n) is 4.38. The predicted molar refractivity (Wildman–Crippen MR) is 134 cm³/mol. The number of carboxylic acid groups (broad SMARTS) is 1. The van der Waals surface area contributed by atoms with Crippen LogP contribution in [0.25, 0.3) is 22.1 Å². The van der Waals surface area contributed by atoms with Crippen molar-refractivity contribution in [3.8, 4) is 0 Å². The van der Waals surface area contributed by atoms with Crippen molar-refractivity contribution in [3.63, 3.8) is 0 Å². The van der Waals surface area contributed by atoms with Crippen molar-refractivity contribution in [2.24, 2.45) is 19.3 Å². The zero-order valence-electron chi connectivity index (χ0n) is 19.1. The zero-order valence-corrected chi connectivity index (χ0v) is 19.8. The molecule has 0 atom stereocenters. The van der Waals surface area contributed by atoms with Crippen molar-refractivity contribution in [3.05, 3.63) is 97.5 Å². The summed E-state index contributed by atoms with van der Waals surface area (Å²) in [6, 6.07) is 15.2. The molecule has 0 saturated heterocycles. The van der Waals surface area contributed by atoms with Crippen molar-refractivity contribution < 1.29 is 15.1 Å². The van der Waals surface area contributed by atoms with Gasteiger partial charge in [-0.2, -0.15) is 0 Å². The molecule has 0 aliphatic carbocycles. The number of hydrogen-bond donors (Lipinski definition) is 2. The van der Waals surface area contributed by atoms with E-state index in [1.807, 2.05) is 0 Å². The van der Waals surface area contributed by atoms with Crippen molar-refractivity contribution in [1.82, 2.24) is 23.3 Å². The molecule has 0 aliphatic heterocycles. The molecule has 0 spiro atoms. The number of halogens is 1. The van der Waals surface area contributed by atoms with Crippen LogP contribution in [-0.2, 0) is 20.6 Å². The van der Waals surface area contributed by atoms with E-state index in [1.54, 1.807) is 61.6 Å². The average molecular weight is 507 g/mol. The van der Waals surface area contributed by atoms with Gasteiger partial charge in [0.05, 0.1) is 17.8 Å². The molecule has 5 rings (SSSR count). The molecular weight excluding hydrogens is 488 g/mol. The number of aryl methyl sites for hydroxylation is 2. The Balaban J connectivity index is 1.73. The molecule has 5 aromatic rings. The summed E-state index contributed by atoms with van der Waals surface area (Å²) in [6.45, 7) is -0.321. The monoisotopic (exact) mass is 506 g/mol. The van der Waals surface area contributed by atoms with Gasteiger partial charge in [-0.3, -0.25) is 13.9 Å². The number of nitrogens with zero attached hydrogens (tertiary/aromatic N) is 6. The van der Waals surface area contributed by atoms with E-state index in [0.717, 1.165) is 9.13 Å². The van der Waals surface area contributed by atoms with Gasteiger partial charge in [0, 0.05) is 30.1 Å². The molecule has 3 aromatic heterocycles. The number of fused-ring (bicyclic) bond motifs is 2. The fraction of sp³-hybridized carbons (Fsp3) is 0.125. The highest BCUT2D eigenvalue weighted by molar-refractivity contribution is 6.35. The standard InChI is InChI=1S/C24H19ClN6O5/c1-28-19-21(26-20(28)18(27-36)13-7-4-3-5-8-13)29(2)23(33)30(22(19)32)12-14-11-15-16(25)9-6-10-17(15)31(14)24(34)35/h3-11,36H,12H2,1-2H3,(H,34,35). The van der Waals surface area contributed by atoms with Crippen LogP contribution in [0.4, 0.5) is 4.79 Å². The van der Waals surface area contributed by atoms with E-state index in [1.165, 1.54) is 16.2 Å². The smallest absolute Gasteiger partial charge is 0.416 e. The Bertz CT molecular complexity index is 1830. The van der Waals surface area contributed by atoms with E-state index in [2.05, 4.69) is 10.1 Å². The van der Waals surface area contributed by atoms with Crippen LogP contribution >= 0.6 is 11.6 Å². The summed E-state index contributed by atoms with van der Waals surface area (Å²) in [5.74, 6) is 0.176. The largest absolute Gasteiger partial charge is 0.464 e. The van der Waals surface area contributed by atoms with Crippen LogP contribution in [0.2, 0.25) is 5.02 Å². The second kappa shape index (κ2) is 8.54. The minimum atomic E-state index is -1.28. The summed E-state index contributed by atoms with van der Waals surface area (Å²) in [7, 11) is 3.03. The molecule has 0 unspecified atom stereocenters. The van der Waals surface area contributed by atoms with Gasteiger partial charge in [0.15, 0.2) is 22.7 Å². The van der Waals surface area contributed by atoms with Crippen LogP contribution in [0.1, 0.15) is 17.1 Å². The highest BCUT2D eigenvalue weighted by Crippen LogP contribution is 2.27. The molecule has 12 heteroatoms. The molecule has 36 heavy (non-hydrogen) atoms. The number of oxime groups is 1. The second-order valence-corrected chi connectivity index (χ2v) is 8.55. The molecule has 182 valence electrons. The normalized spacial score (nSPS) is 12.0. The lowest BCUT2D eigenvalue weighted by atomic mass is 10.1. The molecule has 0 radical (unpaired) electrons. The summed E-state index contributed by atoms with van der Waals surface area (Å²) in [4.78, 5) is 43.2. The molecule has 0 bridgehead atoms. The maximum absolute atomic E-state index is 13.6.